The molecule has 1 N–H and O–H groups in total. The van der Waals surface area contributed by atoms with Crippen LogP contribution in [0.4, 0.5) is 4.39 Å². The van der Waals surface area contributed by atoms with Gasteiger partial charge in [0.1, 0.15) is 17.2 Å². The molecule has 1 atom stereocenters. The zero-order chi connectivity index (χ0) is 16.8. The number of halogens is 1. The number of fused-ring (bicyclic) bond motifs is 1. The largest absolute Gasteiger partial charge is 0.487 e. The molecule has 0 fully saturated rings. The minimum atomic E-state index is -3.75. The third kappa shape index (κ3) is 3.09. The van der Waals surface area contributed by atoms with Crippen molar-refractivity contribution in [3.05, 3.63) is 41.8 Å². The first kappa shape index (κ1) is 15.9. The van der Waals surface area contributed by atoms with Gasteiger partial charge in [-0.05, 0) is 26.0 Å². The van der Waals surface area contributed by atoms with Crippen LogP contribution in [0.3, 0.4) is 0 Å². The summed E-state index contributed by atoms with van der Waals surface area (Å²) in [5.74, 6) is -0.0614. The van der Waals surface area contributed by atoms with E-state index in [4.69, 9.17) is 4.74 Å². The average molecular weight is 339 g/mol. The third-order valence-corrected chi connectivity index (χ3v) is 5.33. The van der Waals surface area contributed by atoms with Crippen LogP contribution in [0.2, 0.25) is 0 Å². The van der Waals surface area contributed by atoms with Crippen molar-refractivity contribution in [2.45, 2.75) is 36.9 Å². The molecule has 1 aliphatic rings. The van der Waals surface area contributed by atoms with Crippen molar-refractivity contribution in [1.82, 2.24) is 14.5 Å². The Morgan fingerprint density at radius 2 is 2.13 bits per heavy atom. The van der Waals surface area contributed by atoms with E-state index in [9.17, 15) is 12.8 Å². The Bertz CT molecular complexity index is 845. The number of hydrogen-bond acceptors (Lipinski definition) is 4. The van der Waals surface area contributed by atoms with Gasteiger partial charge in [-0.2, -0.15) is 5.10 Å². The van der Waals surface area contributed by atoms with Crippen LogP contribution in [-0.2, 0) is 17.1 Å². The fourth-order valence-electron chi connectivity index (χ4n) is 2.80. The lowest BCUT2D eigenvalue weighted by Gasteiger charge is -2.37. The number of nitrogens with zero attached hydrogens (tertiary/aromatic N) is 2. The molecule has 124 valence electrons. The molecule has 1 aromatic heterocycles. The van der Waals surface area contributed by atoms with E-state index in [0.717, 1.165) is 0 Å². The molecule has 0 aliphatic carbocycles. The van der Waals surface area contributed by atoms with Crippen LogP contribution >= 0.6 is 0 Å². The SMILES string of the molecule is Cn1nccc1S(=O)(=O)N[C@H]1CC(C)(C)Oc2cc(F)ccc21. The van der Waals surface area contributed by atoms with E-state index >= 15 is 0 Å². The topological polar surface area (TPSA) is 73.2 Å². The van der Waals surface area contributed by atoms with Crippen LogP contribution in [0, 0.1) is 5.82 Å². The molecule has 0 spiro atoms. The van der Waals surface area contributed by atoms with E-state index < -0.39 is 27.5 Å². The van der Waals surface area contributed by atoms with Gasteiger partial charge in [0.25, 0.3) is 10.0 Å². The minimum absolute atomic E-state index is 0.0745. The van der Waals surface area contributed by atoms with Gasteiger partial charge in [0.05, 0.1) is 12.2 Å². The second kappa shape index (κ2) is 5.31. The van der Waals surface area contributed by atoms with Gasteiger partial charge in [-0.15, -0.1) is 0 Å². The zero-order valence-electron chi connectivity index (χ0n) is 13.1. The zero-order valence-corrected chi connectivity index (χ0v) is 13.9. The van der Waals surface area contributed by atoms with E-state index in [0.29, 0.717) is 17.7 Å². The van der Waals surface area contributed by atoms with Crippen molar-refractivity contribution < 1.29 is 17.5 Å². The van der Waals surface area contributed by atoms with Crippen LogP contribution in [0.1, 0.15) is 31.9 Å². The van der Waals surface area contributed by atoms with Gasteiger partial charge < -0.3 is 4.74 Å². The molecule has 1 aliphatic heterocycles. The Morgan fingerprint density at radius 3 is 2.78 bits per heavy atom. The van der Waals surface area contributed by atoms with Gasteiger partial charge in [0.15, 0.2) is 5.03 Å². The van der Waals surface area contributed by atoms with E-state index in [1.54, 1.807) is 13.1 Å². The summed E-state index contributed by atoms with van der Waals surface area (Å²) in [6, 6.07) is 5.05. The van der Waals surface area contributed by atoms with E-state index in [1.165, 1.54) is 29.1 Å². The summed E-state index contributed by atoms with van der Waals surface area (Å²) in [4.78, 5) is 0. The smallest absolute Gasteiger partial charge is 0.258 e. The number of aromatic nitrogens is 2. The summed E-state index contributed by atoms with van der Waals surface area (Å²) in [7, 11) is -2.19. The quantitative estimate of drug-likeness (QED) is 0.930. The lowest BCUT2D eigenvalue weighted by Crippen LogP contribution is -2.41. The number of aryl methyl sites for hydroxylation is 1. The van der Waals surface area contributed by atoms with Crippen molar-refractivity contribution >= 4 is 10.0 Å². The predicted octanol–water partition coefficient (Wildman–Crippen LogP) is 2.14. The summed E-state index contributed by atoms with van der Waals surface area (Å²) in [6.45, 7) is 3.68. The van der Waals surface area contributed by atoms with Gasteiger partial charge in [-0.25, -0.2) is 17.5 Å². The monoisotopic (exact) mass is 339 g/mol. The van der Waals surface area contributed by atoms with Gasteiger partial charge in [-0.1, -0.05) is 6.07 Å². The fraction of sp³-hybridized carbons (Fsp3) is 0.400. The molecule has 0 saturated heterocycles. The van der Waals surface area contributed by atoms with E-state index in [1.807, 2.05) is 13.8 Å². The summed E-state index contributed by atoms with van der Waals surface area (Å²) in [5, 5.41) is 3.96. The molecule has 2 aromatic rings. The second-order valence-corrected chi connectivity index (χ2v) is 7.88. The first-order valence-electron chi connectivity index (χ1n) is 7.17. The van der Waals surface area contributed by atoms with Crippen LogP contribution in [-0.4, -0.2) is 23.8 Å². The Balaban J connectivity index is 1.99. The molecular formula is C15H18FN3O3S. The molecule has 1 aromatic carbocycles. The van der Waals surface area contributed by atoms with Crippen LogP contribution < -0.4 is 9.46 Å². The molecule has 0 amide bonds. The fourth-order valence-corrected chi connectivity index (χ4v) is 4.14. The molecule has 0 bridgehead atoms. The first-order chi connectivity index (χ1) is 10.7. The van der Waals surface area contributed by atoms with Crippen molar-refractivity contribution in [2.75, 3.05) is 0 Å². The highest BCUT2D eigenvalue weighted by atomic mass is 32.2. The van der Waals surface area contributed by atoms with Crippen LogP contribution in [0.5, 0.6) is 5.75 Å². The highest BCUT2D eigenvalue weighted by Crippen LogP contribution is 2.40. The summed E-state index contributed by atoms with van der Waals surface area (Å²) in [6.07, 6.45) is 1.86. The van der Waals surface area contributed by atoms with Crippen molar-refractivity contribution in [3.63, 3.8) is 0 Å². The van der Waals surface area contributed by atoms with Crippen molar-refractivity contribution in [3.8, 4) is 5.75 Å². The molecule has 3 rings (SSSR count). The maximum Gasteiger partial charge on any atom is 0.258 e. The Labute approximate surface area is 134 Å². The minimum Gasteiger partial charge on any atom is -0.487 e. The summed E-state index contributed by atoms with van der Waals surface area (Å²) in [5.41, 5.74) is 0.0111. The van der Waals surface area contributed by atoms with Crippen LogP contribution in [0.15, 0.2) is 35.5 Å². The van der Waals surface area contributed by atoms with E-state index in [-0.39, 0.29) is 5.03 Å². The van der Waals surface area contributed by atoms with Gasteiger partial charge in [0.2, 0.25) is 0 Å². The lowest BCUT2D eigenvalue weighted by atomic mass is 9.90. The molecule has 8 heteroatoms. The third-order valence-electron chi connectivity index (χ3n) is 3.78. The highest BCUT2D eigenvalue weighted by Gasteiger charge is 2.36. The van der Waals surface area contributed by atoms with E-state index in [2.05, 4.69) is 9.82 Å². The molecule has 6 nitrogen and oxygen atoms in total. The predicted molar refractivity (Wildman–Crippen MR) is 82.0 cm³/mol. The Kier molecular flexibility index (Phi) is 3.68. The molecule has 0 unspecified atom stereocenters. The standard InChI is InChI=1S/C15H18FN3O3S/c1-15(2)9-12(11-5-4-10(16)8-13(11)22-15)18-23(20,21)14-6-7-17-19(14)3/h4-8,12,18H,9H2,1-3H3/t12-/m0/s1. The maximum absolute atomic E-state index is 13.5. The first-order valence-corrected chi connectivity index (χ1v) is 8.65. The van der Waals surface area contributed by atoms with Gasteiger partial charge in [-0.3, -0.25) is 4.68 Å². The second-order valence-electron chi connectivity index (χ2n) is 6.21. The summed E-state index contributed by atoms with van der Waals surface area (Å²) >= 11 is 0. The van der Waals surface area contributed by atoms with Crippen LogP contribution in [0.25, 0.3) is 0 Å². The Morgan fingerprint density at radius 1 is 1.39 bits per heavy atom. The Hall–Kier alpha value is -1.93. The molecular weight excluding hydrogens is 321 g/mol. The normalized spacial score (nSPS) is 19.9. The van der Waals surface area contributed by atoms with Gasteiger partial charge in [0, 0.05) is 25.1 Å². The number of ether oxygens (including phenoxy) is 1. The molecule has 2 heterocycles. The molecule has 0 radical (unpaired) electrons. The molecule has 23 heavy (non-hydrogen) atoms. The number of sulfonamides is 1. The average Bonchev–Trinajstić information content (AvgIpc) is 2.83. The number of rotatable bonds is 3. The van der Waals surface area contributed by atoms with Gasteiger partial charge >= 0.3 is 0 Å². The van der Waals surface area contributed by atoms with Crippen molar-refractivity contribution in [1.29, 1.82) is 0 Å². The van der Waals surface area contributed by atoms with Crippen molar-refractivity contribution in [2.24, 2.45) is 7.05 Å². The summed E-state index contributed by atoms with van der Waals surface area (Å²) < 4.78 is 48.4. The maximum atomic E-state index is 13.5. The number of benzene rings is 1. The highest BCUT2D eigenvalue weighted by molar-refractivity contribution is 7.89. The number of nitrogens with one attached hydrogen (secondary N) is 1. The number of hydrogen-bond donors (Lipinski definition) is 1. The lowest BCUT2D eigenvalue weighted by molar-refractivity contribution is 0.0697. The molecule has 0 saturated carbocycles.